The molecule has 2 aromatic rings. The second-order valence-corrected chi connectivity index (χ2v) is 26.0. The van der Waals surface area contributed by atoms with E-state index in [-0.39, 0.29) is 11.1 Å². The van der Waals surface area contributed by atoms with Crippen LogP contribution in [0.5, 0.6) is 0 Å². The van der Waals surface area contributed by atoms with Crippen LogP contribution in [0.1, 0.15) is 125 Å². The van der Waals surface area contributed by atoms with E-state index in [2.05, 4.69) is 94.1 Å². The van der Waals surface area contributed by atoms with E-state index in [1.165, 1.54) is 35.4 Å². The summed E-state index contributed by atoms with van der Waals surface area (Å²) in [6.07, 6.45) is 32.2. The molecule has 0 unspecified atom stereocenters. The smallest absolute Gasteiger partial charge is 0.358 e. The maximum absolute atomic E-state index is 13.8. The summed E-state index contributed by atoms with van der Waals surface area (Å²) in [5, 5.41) is 26.0. The van der Waals surface area contributed by atoms with Gasteiger partial charge in [0.25, 0.3) is 0 Å². The molecule has 0 bridgehead atoms. The first-order valence-corrected chi connectivity index (χ1v) is 26.8. The quantitative estimate of drug-likeness (QED) is 0.0513. The Bertz CT molecular complexity index is 2070. The molecule has 9 nitrogen and oxygen atoms in total. The van der Waals surface area contributed by atoms with Crippen LogP contribution >= 0.6 is 22.7 Å². The normalized spacial score (nSPS) is 21.0. The van der Waals surface area contributed by atoms with Crippen molar-refractivity contribution < 1.29 is 33.7 Å². The lowest BCUT2D eigenvalue weighted by molar-refractivity contribution is -0.0420. The molecular weight excluding hydrogens is 845 g/mol. The predicted octanol–water partition coefficient (Wildman–Crippen LogP) is 12.4. The summed E-state index contributed by atoms with van der Waals surface area (Å²) in [5.74, 6) is 0.397. The molecule has 0 radical (unpaired) electrons. The van der Waals surface area contributed by atoms with Gasteiger partial charge in [0.1, 0.15) is 16.1 Å². The molecule has 2 saturated carbocycles. The van der Waals surface area contributed by atoms with Crippen molar-refractivity contribution >= 4 is 55.1 Å². The van der Waals surface area contributed by atoms with Crippen LogP contribution in [-0.2, 0) is 13.9 Å². The molecule has 0 aliphatic heterocycles. The number of rotatable bonds is 22. The molecular formula is C51H72N2O7S2Si. The van der Waals surface area contributed by atoms with Gasteiger partial charge >= 0.3 is 11.9 Å². The Balaban J connectivity index is 1.38. The Morgan fingerprint density at radius 3 is 2.00 bits per heavy atom. The Hall–Kier alpha value is -3.78. The predicted molar refractivity (Wildman–Crippen MR) is 263 cm³/mol. The lowest BCUT2D eigenvalue weighted by atomic mass is 9.77. The first-order chi connectivity index (χ1) is 29.6. The molecule has 0 aromatic carbocycles. The average Bonchev–Trinajstić information content (AvgIpc) is 3.52. The lowest BCUT2D eigenvalue weighted by Gasteiger charge is -2.45. The van der Waals surface area contributed by atoms with Crippen LogP contribution < -0.4 is 0 Å². The van der Waals surface area contributed by atoms with Gasteiger partial charge in [0.15, 0.2) is 19.7 Å². The number of aliphatic hydroxyl groups excluding tert-OH is 2. The fraction of sp³-hybridized carbons (Fsp3) is 0.529. The molecule has 0 spiro atoms. The zero-order valence-corrected chi connectivity index (χ0v) is 42.2. The van der Waals surface area contributed by atoms with E-state index in [1.54, 1.807) is 22.9 Å². The number of allylic oxidation sites excluding steroid dienone is 10. The highest BCUT2D eigenvalue weighted by atomic mass is 32.1. The first-order valence-electron chi connectivity index (χ1n) is 22.2. The fourth-order valence-electron chi connectivity index (χ4n) is 6.89. The Labute approximate surface area is 386 Å². The van der Waals surface area contributed by atoms with Crippen molar-refractivity contribution in [1.82, 2.24) is 9.97 Å². The number of carbonyl (C=O) groups excluding carboxylic acids is 2. The molecule has 344 valence electrons. The van der Waals surface area contributed by atoms with E-state index >= 15 is 0 Å². The summed E-state index contributed by atoms with van der Waals surface area (Å²) in [5.41, 5.74) is 0.752. The number of ether oxygens (including phenoxy) is 2. The Morgan fingerprint density at radius 1 is 0.810 bits per heavy atom. The van der Waals surface area contributed by atoms with Crippen molar-refractivity contribution in [3.8, 4) is 0 Å². The van der Waals surface area contributed by atoms with Crippen LogP contribution in [-0.4, -0.2) is 72.0 Å². The molecule has 2 aliphatic rings. The van der Waals surface area contributed by atoms with Crippen molar-refractivity contribution in [2.24, 2.45) is 28.6 Å². The zero-order chi connectivity index (χ0) is 46.6. The number of esters is 2. The molecule has 2 fully saturated rings. The highest BCUT2D eigenvalue weighted by molar-refractivity contribution is 7.11. The van der Waals surface area contributed by atoms with Gasteiger partial charge in [0.05, 0.1) is 25.4 Å². The number of nitrogens with zero attached hydrogens (tertiary/aromatic N) is 2. The third-order valence-electron chi connectivity index (χ3n) is 12.8. The minimum Gasteiger partial charge on any atom is -0.464 e. The molecule has 2 aromatic heterocycles. The standard InChI is InChI=1S/C51H72N2O7S2Si/c1-13-20-41(54)50(6,7)42(55)26-19-25-38-32-37(38)24-15-16-28-45-53-40(34-62-45)48(57)59-43(51(8,9)44(21-14-2)60-63(11,12)49(3,4)5)27-17-22-35-30-36(31-35)23-18-29-46-52-39(33-61-46)47(56)58-10/h13-25,28-29,33-35,37-38,41-44,54-55H,26-27,30-32H2,1-12H3/b20-13+,21-14+,22-17-,24-15+,25-19-,28-16-,29-18-,36-23?/t35?,37-,38+,41+,42+,43+,44+/m1/s1. The molecule has 2 N–H and O–H groups in total. The number of aliphatic hydroxyl groups is 2. The highest BCUT2D eigenvalue weighted by Gasteiger charge is 2.46. The SMILES string of the molecule is C/C=C/[C@H](O[Si](C)(C)C(C)(C)C)C(C)(C)[C@H](C/C=C\C1CC(=C/C=C\c2nc(C(=O)OC)cs2)C1)OC(=O)c1csc(/C=C\C=C\[C@@H]2C[C@@H]2/C=C\C[C@H](O)C(C)(C)[C@@H](O)/C=C/C)n1. The van der Waals surface area contributed by atoms with Gasteiger partial charge in [-0.3, -0.25) is 0 Å². The van der Waals surface area contributed by atoms with Gasteiger partial charge in [-0.05, 0) is 87.6 Å². The van der Waals surface area contributed by atoms with E-state index in [0.717, 1.165) is 29.3 Å². The van der Waals surface area contributed by atoms with E-state index in [1.807, 2.05) is 70.2 Å². The van der Waals surface area contributed by atoms with Crippen LogP contribution in [0.2, 0.25) is 18.1 Å². The van der Waals surface area contributed by atoms with Gasteiger partial charge in [0, 0.05) is 28.0 Å². The number of aromatic nitrogens is 2. The third kappa shape index (κ3) is 14.9. The van der Waals surface area contributed by atoms with Crippen LogP contribution in [0.25, 0.3) is 12.2 Å². The van der Waals surface area contributed by atoms with Gasteiger partial charge in [-0.1, -0.05) is 133 Å². The third-order valence-corrected chi connectivity index (χ3v) is 18.8. The first kappa shape index (κ1) is 51.8. The second-order valence-electron chi connectivity index (χ2n) is 19.5. The van der Waals surface area contributed by atoms with Crippen molar-refractivity contribution in [3.63, 3.8) is 0 Å². The number of carbonyl (C=O) groups is 2. The summed E-state index contributed by atoms with van der Waals surface area (Å²) in [4.78, 5) is 34.5. The number of hydrogen-bond donors (Lipinski definition) is 2. The van der Waals surface area contributed by atoms with E-state index in [0.29, 0.717) is 42.0 Å². The van der Waals surface area contributed by atoms with Crippen LogP contribution in [0.3, 0.4) is 0 Å². The van der Waals surface area contributed by atoms with Crippen LogP contribution in [0.15, 0.2) is 95.3 Å². The minimum atomic E-state index is -2.19. The topological polar surface area (TPSA) is 128 Å². The summed E-state index contributed by atoms with van der Waals surface area (Å²) in [6.45, 7) is 23.1. The minimum absolute atomic E-state index is 0.00272. The van der Waals surface area contributed by atoms with Gasteiger partial charge in [-0.25, -0.2) is 19.6 Å². The fourth-order valence-corrected chi connectivity index (χ4v) is 9.64. The van der Waals surface area contributed by atoms with Crippen molar-refractivity contribution in [2.75, 3.05) is 7.11 Å². The molecule has 2 heterocycles. The monoisotopic (exact) mass is 916 g/mol. The van der Waals surface area contributed by atoms with E-state index < -0.39 is 49.4 Å². The summed E-state index contributed by atoms with van der Waals surface area (Å²) in [7, 11) is -0.841. The average molecular weight is 917 g/mol. The zero-order valence-electron chi connectivity index (χ0n) is 39.5. The maximum Gasteiger partial charge on any atom is 0.358 e. The maximum atomic E-state index is 13.8. The van der Waals surface area contributed by atoms with Crippen LogP contribution in [0.4, 0.5) is 0 Å². The Morgan fingerprint density at radius 2 is 1.40 bits per heavy atom. The molecule has 0 saturated heterocycles. The second kappa shape index (κ2) is 22.9. The molecule has 2 aliphatic carbocycles. The molecule has 0 amide bonds. The van der Waals surface area contributed by atoms with Crippen molar-refractivity contribution in [3.05, 3.63) is 117 Å². The Kier molecular flexibility index (Phi) is 18.9. The summed E-state index contributed by atoms with van der Waals surface area (Å²) in [6, 6.07) is 0. The highest BCUT2D eigenvalue weighted by Crippen LogP contribution is 2.43. The van der Waals surface area contributed by atoms with Gasteiger partial charge in [0.2, 0.25) is 0 Å². The van der Waals surface area contributed by atoms with Crippen molar-refractivity contribution in [2.45, 2.75) is 137 Å². The van der Waals surface area contributed by atoms with E-state index in [9.17, 15) is 19.8 Å². The number of methoxy groups -OCH3 is 1. The molecule has 63 heavy (non-hydrogen) atoms. The molecule has 6 atom stereocenters. The van der Waals surface area contributed by atoms with Crippen molar-refractivity contribution in [1.29, 1.82) is 0 Å². The lowest BCUT2D eigenvalue weighted by Crippen LogP contribution is -2.51. The van der Waals surface area contributed by atoms with Gasteiger partial charge in [-0.15, -0.1) is 22.7 Å². The number of hydrogen-bond acceptors (Lipinski definition) is 11. The molecule has 12 heteroatoms. The summed E-state index contributed by atoms with van der Waals surface area (Å²) < 4.78 is 18.2. The number of thiazole rings is 2. The largest absolute Gasteiger partial charge is 0.464 e. The van der Waals surface area contributed by atoms with Gasteiger partial charge in [-0.2, -0.15) is 0 Å². The van der Waals surface area contributed by atoms with Gasteiger partial charge < -0.3 is 24.1 Å². The molecule has 4 rings (SSSR count). The summed E-state index contributed by atoms with van der Waals surface area (Å²) >= 11 is 2.81. The van der Waals surface area contributed by atoms with E-state index in [4.69, 9.17) is 13.9 Å². The van der Waals surface area contributed by atoms with Crippen LogP contribution in [0, 0.1) is 28.6 Å².